The third kappa shape index (κ3) is 1.92. The van der Waals surface area contributed by atoms with Gasteiger partial charge in [-0.25, -0.2) is 0 Å². The van der Waals surface area contributed by atoms with E-state index in [9.17, 15) is 0 Å². The Morgan fingerprint density at radius 1 is 0.824 bits per heavy atom. The third-order valence-electron chi connectivity index (χ3n) is 2.99. The average molecular weight is 219 g/mol. The van der Waals surface area contributed by atoms with E-state index in [1.54, 1.807) is 0 Å². The largest absolute Gasteiger partial charge is 0.256 e. The summed E-state index contributed by atoms with van der Waals surface area (Å²) in [5.41, 5.74) is 4.83. The van der Waals surface area contributed by atoms with Gasteiger partial charge < -0.3 is 0 Å². The van der Waals surface area contributed by atoms with Crippen LogP contribution in [0.1, 0.15) is 5.56 Å². The van der Waals surface area contributed by atoms with Gasteiger partial charge in [-0.15, -0.1) is 0 Å². The molecule has 0 atom stereocenters. The molecule has 1 heteroatoms. The molecule has 1 heterocycles. The maximum absolute atomic E-state index is 4.33. The van der Waals surface area contributed by atoms with Crippen LogP contribution in [0.5, 0.6) is 0 Å². The van der Waals surface area contributed by atoms with Crippen molar-refractivity contribution in [3.05, 3.63) is 66.4 Å². The van der Waals surface area contributed by atoms with E-state index in [0.717, 1.165) is 5.52 Å². The molecule has 2 aromatic carbocycles. The van der Waals surface area contributed by atoms with Crippen LogP contribution < -0.4 is 0 Å². The number of hydrogen-bond donors (Lipinski definition) is 0. The third-order valence-corrected chi connectivity index (χ3v) is 2.99. The van der Waals surface area contributed by atoms with Crippen LogP contribution in [0.25, 0.3) is 22.0 Å². The van der Waals surface area contributed by atoms with Crippen molar-refractivity contribution >= 4 is 10.9 Å². The van der Waals surface area contributed by atoms with Gasteiger partial charge in [0, 0.05) is 11.6 Å². The molecule has 0 aliphatic carbocycles. The van der Waals surface area contributed by atoms with E-state index in [0.29, 0.717) is 0 Å². The zero-order chi connectivity index (χ0) is 11.7. The minimum absolute atomic E-state index is 1.04. The summed E-state index contributed by atoms with van der Waals surface area (Å²) >= 11 is 0. The lowest BCUT2D eigenvalue weighted by atomic mass is 10.0. The zero-order valence-corrected chi connectivity index (χ0v) is 9.72. The van der Waals surface area contributed by atoms with Gasteiger partial charge in [-0.05, 0) is 36.2 Å². The zero-order valence-electron chi connectivity index (χ0n) is 9.72. The SMILES string of the molecule is Cc1ccc(-c2ccc3ncccc3c2)cc1. The molecule has 1 aromatic heterocycles. The first-order chi connectivity index (χ1) is 8.33. The summed E-state index contributed by atoms with van der Waals surface area (Å²) < 4.78 is 0. The molecule has 0 aliphatic heterocycles. The van der Waals surface area contributed by atoms with Crippen LogP contribution in [0.2, 0.25) is 0 Å². The Labute approximate surface area is 101 Å². The lowest BCUT2D eigenvalue weighted by molar-refractivity contribution is 1.41. The number of hydrogen-bond acceptors (Lipinski definition) is 1. The predicted molar refractivity (Wildman–Crippen MR) is 71.9 cm³/mol. The molecule has 3 aromatic rings. The van der Waals surface area contributed by atoms with Crippen molar-refractivity contribution in [2.24, 2.45) is 0 Å². The molecule has 1 nitrogen and oxygen atoms in total. The molecule has 17 heavy (non-hydrogen) atoms. The molecular weight excluding hydrogens is 206 g/mol. The maximum atomic E-state index is 4.33. The molecule has 0 saturated carbocycles. The molecule has 0 N–H and O–H groups in total. The molecule has 82 valence electrons. The Morgan fingerprint density at radius 2 is 1.59 bits per heavy atom. The van der Waals surface area contributed by atoms with Crippen LogP contribution in [0.15, 0.2) is 60.8 Å². The monoisotopic (exact) mass is 219 g/mol. The predicted octanol–water partition coefficient (Wildman–Crippen LogP) is 4.21. The van der Waals surface area contributed by atoms with Crippen molar-refractivity contribution in [1.29, 1.82) is 0 Å². The van der Waals surface area contributed by atoms with Crippen molar-refractivity contribution in [2.75, 3.05) is 0 Å². The average Bonchev–Trinajstić information content (AvgIpc) is 2.39. The number of pyridine rings is 1. The summed E-state index contributed by atoms with van der Waals surface area (Å²) in [5, 5.41) is 1.19. The first kappa shape index (κ1) is 10.0. The van der Waals surface area contributed by atoms with Gasteiger partial charge in [0.05, 0.1) is 5.52 Å². The van der Waals surface area contributed by atoms with E-state index in [1.165, 1.54) is 22.1 Å². The fourth-order valence-corrected chi connectivity index (χ4v) is 2.00. The number of aromatic nitrogens is 1. The second-order valence-electron chi connectivity index (χ2n) is 4.28. The van der Waals surface area contributed by atoms with E-state index in [2.05, 4.69) is 60.4 Å². The standard InChI is InChI=1S/C16H13N/c1-12-4-6-13(7-5-12)14-8-9-16-15(11-14)3-2-10-17-16/h2-11H,1H3. The summed E-state index contributed by atoms with van der Waals surface area (Å²) in [6, 6.07) is 19.1. The van der Waals surface area contributed by atoms with Crippen LogP contribution in [0.4, 0.5) is 0 Å². The highest BCUT2D eigenvalue weighted by molar-refractivity contribution is 5.84. The Morgan fingerprint density at radius 3 is 2.41 bits per heavy atom. The first-order valence-electron chi connectivity index (χ1n) is 5.75. The lowest BCUT2D eigenvalue weighted by Crippen LogP contribution is -1.81. The van der Waals surface area contributed by atoms with E-state index in [-0.39, 0.29) is 0 Å². The van der Waals surface area contributed by atoms with Gasteiger partial charge in [0.25, 0.3) is 0 Å². The fraction of sp³-hybridized carbons (Fsp3) is 0.0625. The van der Waals surface area contributed by atoms with Crippen LogP contribution in [-0.4, -0.2) is 4.98 Å². The summed E-state index contributed by atoms with van der Waals surface area (Å²) in [6.07, 6.45) is 1.83. The van der Waals surface area contributed by atoms with Crippen molar-refractivity contribution in [3.63, 3.8) is 0 Å². The highest BCUT2D eigenvalue weighted by atomic mass is 14.6. The summed E-state index contributed by atoms with van der Waals surface area (Å²) in [7, 11) is 0. The summed E-state index contributed by atoms with van der Waals surface area (Å²) in [5.74, 6) is 0. The summed E-state index contributed by atoms with van der Waals surface area (Å²) in [4.78, 5) is 4.33. The van der Waals surface area contributed by atoms with Crippen LogP contribution in [-0.2, 0) is 0 Å². The van der Waals surface area contributed by atoms with Crippen molar-refractivity contribution in [2.45, 2.75) is 6.92 Å². The van der Waals surface area contributed by atoms with Gasteiger partial charge in [0.1, 0.15) is 0 Å². The minimum Gasteiger partial charge on any atom is -0.256 e. The van der Waals surface area contributed by atoms with Gasteiger partial charge >= 0.3 is 0 Å². The minimum atomic E-state index is 1.04. The van der Waals surface area contributed by atoms with E-state index in [4.69, 9.17) is 0 Å². The van der Waals surface area contributed by atoms with Crippen molar-refractivity contribution in [3.8, 4) is 11.1 Å². The topological polar surface area (TPSA) is 12.9 Å². The molecule has 0 bridgehead atoms. The molecule has 0 aliphatic rings. The fourth-order valence-electron chi connectivity index (χ4n) is 2.00. The molecule has 0 saturated heterocycles. The Hall–Kier alpha value is -2.15. The van der Waals surface area contributed by atoms with Gasteiger partial charge in [-0.2, -0.15) is 0 Å². The van der Waals surface area contributed by atoms with Gasteiger partial charge in [-0.3, -0.25) is 4.98 Å². The second kappa shape index (κ2) is 4.02. The van der Waals surface area contributed by atoms with Crippen molar-refractivity contribution < 1.29 is 0 Å². The Kier molecular flexibility index (Phi) is 2.37. The number of aryl methyl sites for hydroxylation is 1. The van der Waals surface area contributed by atoms with Gasteiger partial charge in [0.15, 0.2) is 0 Å². The number of nitrogens with zero attached hydrogens (tertiary/aromatic N) is 1. The number of rotatable bonds is 1. The van der Waals surface area contributed by atoms with Crippen LogP contribution in [0.3, 0.4) is 0 Å². The maximum Gasteiger partial charge on any atom is 0.0702 e. The van der Waals surface area contributed by atoms with Crippen LogP contribution >= 0.6 is 0 Å². The smallest absolute Gasteiger partial charge is 0.0702 e. The highest BCUT2D eigenvalue weighted by Crippen LogP contribution is 2.23. The number of fused-ring (bicyclic) bond motifs is 1. The molecule has 0 fully saturated rings. The quantitative estimate of drug-likeness (QED) is 0.597. The normalized spacial score (nSPS) is 10.6. The Bertz CT molecular complexity index is 654. The second-order valence-corrected chi connectivity index (χ2v) is 4.28. The number of benzene rings is 2. The van der Waals surface area contributed by atoms with Gasteiger partial charge in [-0.1, -0.05) is 42.0 Å². The highest BCUT2D eigenvalue weighted by Gasteiger charge is 1.99. The first-order valence-corrected chi connectivity index (χ1v) is 5.75. The van der Waals surface area contributed by atoms with Gasteiger partial charge in [0.2, 0.25) is 0 Å². The Balaban J connectivity index is 2.14. The van der Waals surface area contributed by atoms with Crippen molar-refractivity contribution in [1.82, 2.24) is 4.98 Å². The van der Waals surface area contributed by atoms with E-state index in [1.807, 2.05) is 12.3 Å². The molecule has 0 unspecified atom stereocenters. The molecule has 3 rings (SSSR count). The molecule has 0 spiro atoms. The lowest BCUT2D eigenvalue weighted by Gasteiger charge is -2.04. The molecule has 0 amide bonds. The van der Waals surface area contributed by atoms with Crippen LogP contribution in [0, 0.1) is 6.92 Å². The molecular formula is C16H13N. The molecule has 0 radical (unpaired) electrons. The van der Waals surface area contributed by atoms with E-state index >= 15 is 0 Å². The summed E-state index contributed by atoms with van der Waals surface area (Å²) in [6.45, 7) is 2.11. The van der Waals surface area contributed by atoms with E-state index < -0.39 is 0 Å².